The minimum atomic E-state index is 0.458. The molecule has 0 aliphatic carbocycles. The molecule has 0 unspecified atom stereocenters. The Morgan fingerprint density at radius 3 is 2.27 bits per heavy atom. The van der Waals surface area contributed by atoms with E-state index in [1.807, 2.05) is 12.1 Å². The summed E-state index contributed by atoms with van der Waals surface area (Å²) in [6.07, 6.45) is 0. The number of aryl methyl sites for hydroxylation is 1. The van der Waals surface area contributed by atoms with Crippen LogP contribution >= 0.6 is 0 Å². The second kappa shape index (κ2) is 10.1. The average Bonchev–Trinajstić information content (AvgIpc) is 3.19. The minimum absolute atomic E-state index is 0.458. The van der Waals surface area contributed by atoms with Gasteiger partial charge in [-0.05, 0) is 24.6 Å². The van der Waals surface area contributed by atoms with Crippen LogP contribution in [0.25, 0.3) is 0 Å². The maximum Gasteiger partial charge on any atom is 0.246 e. The lowest BCUT2D eigenvalue weighted by Gasteiger charge is -2.36. The molecule has 1 aromatic carbocycles. The molecule has 1 N–H and O–H groups in total. The lowest BCUT2D eigenvalue weighted by Crippen LogP contribution is -2.52. The molecular formula is C20H30N6O4. The van der Waals surface area contributed by atoms with E-state index in [4.69, 9.17) is 18.7 Å². The second-order valence-corrected chi connectivity index (χ2v) is 6.93. The van der Waals surface area contributed by atoms with E-state index in [-0.39, 0.29) is 0 Å². The van der Waals surface area contributed by atoms with E-state index < -0.39 is 0 Å². The first kappa shape index (κ1) is 21.7. The standard InChI is InChI=1S/C20H30N6O4/c1-14-23-18(30-24-14)12-22-20(21-2)26-8-6-25(7-9-26)13-15-10-16(27-3)19(29-5)17(11-15)28-4/h10-11H,6-9,12-13H2,1-5H3,(H,21,22). The molecule has 10 nitrogen and oxygen atoms in total. The largest absolute Gasteiger partial charge is 0.493 e. The van der Waals surface area contributed by atoms with Gasteiger partial charge in [0.05, 0.1) is 27.9 Å². The number of benzene rings is 1. The van der Waals surface area contributed by atoms with Gasteiger partial charge >= 0.3 is 0 Å². The zero-order valence-electron chi connectivity index (χ0n) is 18.3. The SMILES string of the molecule is CN=C(NCc1nc(C)no1)N1CCN(Cc2cc(OC)c(OC)c(OC)c2)CC1. The van der Waals surface area contributed by atoms with Crippen LogP contribution in [0.1, 0.15) is 17.3 Å². The van der Waals surface area contributed by atoms with Gasteiger partial charge in [-0.25, -0.2) is 0 Å². The Labute approximate surface area is 176 Å². The number of methoxy groups -OCH3 is 3. The molecule has 1 fully saturated rings. The first-order valence-electron chi connectivity index (χ1n) is 9.84. The highest BCUT2D eigenvalue weighted by atomic mass is 16.5. The molecule has 1 aliphatic heterocycles. The first-order chi connectivity index (χ1) is 14.6. The van der Waals surface area contributed by atoms with Gasteiger partial charge in [-0.2, -0.15) is 4.98 Å². The fraction of sp³-hybridized carbons (Fsp3) is 0.550. The number of nitrogens with one attached hydrogen (secondary N) is 1. The highest BCUT2D eigenvalue weighted by Gasteiger charge is 2.21. The quantitative estimate of drug-likeness (QED) is 0.527. The highest BCUT2D eigenvalue weighted by molar-refractivity contribution is 5.79. The molecule has 3 rings (SSSR count). The number of ether oxygens (including phenoxy) is 3. The van der Waals surface area contributed by atoms with E-state index >= 15 is 0 Å². The van der Waals surface area contributed by atoms with Crippen molar-refractivity contribution in [2.45, 2.75) is 20.0 Å². The Kier molecular flexibility index (Phi) is 7.34. The summed E-state index contributed by atoms with van der Waals surface area (Å²) in [5.41, 5.74) is 1.12. The predicted octanol–water partition coefficient (Wildman–Crippen LogP) is 1.30. The third-order valence-electron chi connectivity index (χ3n) is 4.98. The summed E-state index contributed by atoms with van der Waals surface area (Å²) in [5, 5.41) is 7.10. The number of aromatic nitrogens is 2. The second-order valence-electron chi connectivity index (χ2n) is 6.93. The van der Waals surface area contributed by atoms with Gasteiger partial charge in [0.15, 0.2) is 23.3 Å². The van der Waals surface area contributed by atoms with E-state index in [1.54, 1.807) is 35.3 Å². The van der Waals surface area contributed by atoms with Gasteiger partial charge in [-0.3, -0.25) is 9.89 Å². The predicted molar refractivity (Wildman–Crippen MR) is 112 cm³/mol. The molecular weight excluding hydrogens is 388 g/mol. The van der Waals surface area contributed by atoms with Gasteiger partial charge in [0, 0.05) is 39.8 Å². The van der Waals surface area contributed by atoms with Gasteiger partial charge in [-0.1, -0.05) is 5.16 Å². The van der Waals surface area contributed by atoms with Crippen LogP contribution in [0.15, 0.2) is 21.6 Å². The third kappa shape index (κ3) is 5.12. The number of piperazine rings is 1. The van der Waals surface area contributed by atoms with Crippen LogP contribution in [0.3, 0.4) is 0 Å². The highest BCUT2D eigenvalue weighted by Crippen LogP contribution is 2.38. The van der Waals surface area contributed by atoms with Crippen molar-refractivity contribution in [2.24, 2.45) is 4.99 Å². The van der Waals surface area contributed by atoms with Crippen molar-refractivity contribution >= 4 is 5.96 Å². The molecule has 0 radical (unpaired) electrons. The molecule has 0 bridgehead atoms. The van der Waals surface area contributed by atoms with Crippen LogP contribution in [-0.2, 0) is 13.1 Å². The van der Waals surface area contributed by atoms with Crippen molar-refractivity contribution in [3.05, 3.63) is 29.4 Å². The van der Waals surface area contributed by atoms with Crippen LogP contribution in [0.4, 0.5) is 0 Å². The van der Waals surface area contributed by atoms with Crippen molar-refractivity contribution < 1.29 is 18.7 Å². The molecule has 2 heterocycles. The fourth-order valence-electron chi connectivity index (χ4n) is 3.50. The molecule has 1 aromatic heterocycles. The molecule has 0 atom stereocenters. The van der Waals surface area contributed by atoms with Crippen molar-refractivity contribution in [3.63, 3.8) is 0 Å². The molecule has 10 heteroatoms. The minimum Gasteiger partial charge on any atom is -0.493 e. The van der Waals surface area contributed by atoms with Crippen LogP contribution in [0, 0.1) is 6.92 Å². The van der Waals surface area contributed by atoms with E-state index in [0.717, 1.165) is 44.2 Å². The Morgan fingerprint density at radius 1 is 1.10 bits per heavy atom. The number of hydrogen-bond donors (Lipinski definition) is 1. The Hall–Kier alpha value is -3.01. The van der Waals surface area contributed by atoms with E-state index in [2.05, 4.69) is 30.2 Å². The topological polar surface area (TPSA) is 97.5 Å². The van der Waals surface area contributed by atoms with Crippen molar-refractivity contribution in [1.82, 2.24) is 25.3 Å². The number of nitrogens with zero attached hydrogens (tertiary/aromatic N) is 5. The molecule has 0 saturated carbocycles. The van der Waals surface area contributed by atoms with E-state index in [9.17, 15) is 0 Å². The molecule has 2 aromatic rings. The van der Waals surface area contributed by atoms with Gasteiger partial charge in [-0.15, -0.1) is 0 Å². The summed E-state index contributed by atoms with van der Waals surface area (Å²) in [4.78, 5) is 13.2. The maximum atomic E-state index is 5.46. The summed E-state index contributed by atoms with van der Waals surface area (Å²) in [6, 6.07) is 4.00. The Morgan fingerprint density at radius 2 is 1.77 bits per heavy atom. The number of rotatable bonds is 7. The summed E-state index contributed by atoms with van der Waals surface area (Å²) in [7, 11) is 6.66. The molecule has 30 heavy (non-hydrogen) atoms. The van der Waals surface area contributed by atoms with Crippen molar-refractivity contribution in [1.29, 1.82) is 0 Å². The Balaban J connectivity index is 1.56. The summed E-state index contributed by atoms with van der Waals surface area (Å²) in [6.45, 7) is 6.63. The maximum absolute atomic E-state index is 5.46. The van der Waals surface area contributed by atoms with E-state index in [1.165, 1.54) is 0 Å². The molecule has 164 valence electrons. The number of hydrogen-bond acceptors (Lipinski definition) is 8. The van der Waals surface area contributed by atoms with Gasteiger partial charge < -0.3 is 29.0 Å². The van der Waals surface area contributed by atoms with E-state index in [0.29, 0.717) is 35.5 Å². The lowest BCUT2D eigenvalue weighted by atomic mass is 10.1. The van der Waals surface area contributed by atoms with Gasteiger partial charge in [0.2, 0.25) is 11.6 Å². The number of guanidine groups is 1. The summed E-state index contributed by atoms with van der Waals surface area (Å²) >= 11 is 0. The smallest absolute Gasteiger partial charge is 0.246 e. The molecule has 0 amide bonds. The van der Waals surface area contributed by atoms with Gasteiger partial charge in [0.1, 0.15) is 0 Å². The lowest BCUT2D eigenvalue weighted by molar-refractivity contribution is 0.172. The van der Waals surface area contributed by atoms with Crippen molar-refractivity contribution in [3.8, 4) is 17.2 Å². The molecule has 1 aliphatic rings. The average molecular weight is 418 g/mol. The zero-order valence-corrected chi connectivity index (χ0v) is 18.3. The van der Waals surface area contributed by atoms with Crippen LogP contribution < -0.4 is 19.5 Å². The van der Waals surface area contributed by atoms with Crippen LogP contribution in [-0.4, -0.2) is 80.5 Å². The normalized spacial score (nSPS) is 15.2. The van der Waals surface area contributed by atoms with Crippen LogP contribution in [0.5, 0.6) is 17.2 Å². The third-order valence-corrected chi connectivity index (χ3v) is 4.98. The van der Waals surface area contributed by atoms with Crippen molar-refractivity contribution in [2.75, 3.05) is 54.6 Å². The Bertz CT molecular complexity index is 836. The zero-order chi connectivity index (χ0) is 21.5. The number of aliphatic imine (C=N–C) groups is 1. The van der Waals surface area contributed by atoms with Crippen LogP contribution in [0.2, 0.25) is 0 Å². The first-order valence-corrected chi connectivity index (χ1v) is 9.84. The van der Waals surface area contributed by atoms with Gasteiger partial charge in [0.25, 0.3) is 0 Å². The summed E-state index contributed by atoms with van der Waals surface area (Å²) in [5.74, 6) is 3.97. The fourth-order valence-corrected chi connectivity index (χ4v) is 3.50. The summed E-state index contributed by atoms with van der Waals surface area (Å²) < 4.78 is 21.5. The monoisotopic (exact) mass is 418 g/mol. The molecule has 1 saturated heterocycles. The molecule has 0 spiro atoms.